The molecule has 0 atom stereocenters. The molecular formula is C21H22N2O4. The Labute approximate surface area is 157 Å². The Kier molecular flexibility index (Phi) is 5.37. The first-order valence-corrected chi connectivity index (χ1v) is 9.11. The third-order valence-electron chi connectivity index (χ3n) is 4.53. The zero-order valence-electron chi connectivity index (χ0n) is 15.0. The average Bonchev–Trinajstić information content (AvgIpc) is 3.15. The smallest absolute Gasteiger partial charge is 0.291 e. The van der Waals surface area contributed by atoms with E-state index in [1.54, 1.807) is 6.07 Å². The molecular weight excluding hydrogens is 344 g/mol. The number of benzene rings is 2. The molecule has 1 fully saturated rings. The van der Waals surface area contributed by atoms with E-state index in [0.717, 1.165) is 43.9 Å². The summed E-state index contributed by atoms with van der Waals surface area (Å²) >= 11 is 0. The molecule has 1 saturated heterocycles. The molecule has 0 aliphatic carbocycles. The molecule has 140 valence electrons. The van der Waals surface area contributed by atoms with Gasteiger partial charge in [-0.15, -0.1) is 0 Å². The first-order valence-electron chi connectivity index (χ1n) is 9.11. The van der Waals surface area contributed by atoms with E-state index in [-0.39, 0.29) is 11.7 Å². The molecule has 1 aliphatic rings. The van der Waals surface area contributed by atoms with Crippen LogP contribution in [0.1, 0.15) is 10.6 Å². The predicted octanol–water partition coefficient (Wildman–Crippen LogP) is 3.40. The van der Waals surface area contributed by atoms with Crippen LogP contribution in [-0.2, 0) is 4.74 Å². The van der Waals surface area contributed by atoms with Crippen LogP contribution in [0.5, 0.6) is 5.75 Å². The number of furan rings is 1. The number of fused-ring (bicyclic) bond motifs is 1. The third-order valence-corrected chi connectivity index (χ3v) is 4.53. The number of morpholine rings is 1. The van der Waals surface area contributed by atoms with Crippen LogP contribution in [0.3, 0.4) is 0 Å². The van der Waals surface area contributed by atoms with E-state index < -0.39 is 0 Å². The molecule has 3 aromatic rings. The Morgan fingerprint density at radius 2 is 1.89 bits per heavy atom. The summed E-state index contributed by atoms with van der Waals surface area (Å²) in [6.07, 6.45) is 0. The molecule has 0 saturated carbocycles. The molecule has 2 heterocycles. The first kappa shape index (κ1) is 17.6. The molecule has 1 aliphatic heterocycles. The Hall–Kier alpha value is -2.83. The van der Waals surface area contributed by atoms with Gasteiger partial charge in [-0.2, -0.15) is 0 Å². The van der Waals surface area contributed by atoms with E-state index in [9.17, 15) is 4.79 Å². The number of hydrogen-bond donors (Lipinski definition) is 1. The maximum absolute atomic E-state index is 12.5. The third kappa shape index (κ3) is 4.30. The van der Waals surface area contributed by atoms with Crippen molar-refractivity contribution < 1.29 is 18.7 Å². The molecule has 6 heteroatoms. The second-order valence-electron chi connectivity index (χ2n) is 6.41. The second-order valence-corrected chi connectivity index (χ2v) is 6.41. The van der Waals surface area contributed by atoms with E-state index in [0.29, 0.717) is 17.9 Å². The van der Waals surface area contributed by atoms with Crippen molar-refractivity contribution in [2.75, 3.05) is 44.8 Å². The van der Waals surface area contributed by atoms with Gasteiger partial charge in [0, 0.05) is 30.7 Å². The predicted molar refractivity (Wildman–Crippen MR) is 103 cm³/mol. The van der Waals surface area contributed by atoms with Gasteiger partial charge >= 0.3 is 0 Å². The van der Waals surface area contributed by atoms with Crippen molar-refractivity contribution in [3.8, 4) is 5.75 Å². The number of ether oxygens (including phenoxy) is 2. The van der Waals surface area contributed by atoms with E-state index in [2.05, 4.69) is 10.2 Å². The van der Waals surface area contributed by atoms with Crippen LogP contribution in [0.4, 0.5) is 5.69 Å². The lowest BCUT2D eigenvalue weighted by molar-refractivity contribution is 0.0323. The summed E-state index contributed by atoms with van der Waals surface area (Å²) in [7, 11) is 0. The van der Waals surface area contributed by atoms with Gasteiger partial charge in [-0.3, -0.25) is 9.69 Å². The fourth-order valence-electron chi connectivity index (χ4n) is 3.09. The normalized spacial score (nSPS) is 15.0. The minimum atomic E-state index is -0.281. The maximum atomic E-state index is 12.5. The van der Waals surface area contributed by atoms with Crippen molar-refractivity contribution in [2.45, 2.75) is 0 Å². The van der Waals surface area contributed by atoms with Gasteiger partial charge in [-0.1, -0.05) is 30.3 Å². The highest BCUT2D eigenvalue weighted by Gasteiger charge is 2.16. The SMILES string of the molecule is O=C(Nc1ccccc1)c1cc2cccc(OCCN3CCOCC3)c2o1. The van der Waals surface area contributed by atoms with Crippen molar-refractivity contribution in [3.63, 3.8) is 0 Å². The summed E-state index contributed by atoms with van der Waals surface area (Å²) in [6, 6.07) is 16.7. The Balaban J connectivity index is 1.44. The van der Waals surface area contributed by atoms with Gasteiger partial charge in [0.25, 0.3) is 5.91 Å². The molecule has 4 rings (SSSR count). The van der Waals surface area contributed by atoms with Crippen molar-refractivity contribution in [3.05, 3.63) is 60.4 Å². The van der Waals surface area contributed by atoms with Crippen molar-refractivity contribution >= 4 is 22.6 Å². The summed E-state index contributed by atoms with van der Waals surface area (Å²) in [5.41, 5.74) is 1.32. The number of nitrogens with zero attached hydrogens (tertiary/aromatic N) is 1. The summed E-state index contributed by atoms with van der Waals surface area (Å²) in [6.45, 7) is 4.80. The van der Waals surface area contributed by atoms with Crippen LogP contribution in [0, 0.1) is 0 Å². The monoisotopic (exact) mass is 366 g/mol. The van der Waals surface area contributed by atoms with Gasteiger partial charge in [-0.25, -0.2) is 0 Å². The second kappa shape index (κ2) is 8.24. The molecule has 6 nitrogen and oxygen atoms in total. The summed E-state index contributed by atoms with van der Waals surface area (Å²) < 4.78 is 17.1. The number of amides is 1. The molecule has 0 spiro atoms. The molecule has 1 N–H and O–H groups in total. The number of anilines is 1. The molecule has 0 unspecified atom stereocenters. The van der Waals surface area contributed by atoms with Crippen molar-refractivity contribution in [2.24, 2.45) is 0 Å². The lowest BCUT2D eigenvalue weighted by Gasteiger charge is -2.26. The maximum Gasteiger partial charge on any atom is 0.291 e. The van der Waals surface area contributed by atoms with E-state index in [1.807, 2.05) is 48.5 Å². The Morgan fingerprint density at radius 3 is 2.70 bits per heavy atom. The zero-order valence-corrected chi connectivity index (χ0v) is 15.0. The fourth-order valence-corrected chi connectivity index (χ4v) is 3.09. The van der Waals surface area contributed by atoms with Crippen LogP contribution < -0.4 is 10.1 Å². The van der Waals surface area contributed by atoms with Crippen LogP contribution in [0.2, 0.25) is 0 Å². The van der Waals surface area contributed by atoms with Crippen LogP contribution in [-0.4, -0.2) is 50.3 Å². The fraction of sp³-hybridized carbons (Fsp3) is 0.286. The molecule has 0 bridgehead atoms. The highest BCUT2D eigenvalue weighted by molar-refractivity contribution is 6.05. The number of nitrogens with one attached hydrogen (secondary N) is 1. The number of para-hydroxylation sites is 2. The number of hydrogen-bond acceptors (Lipinski definition) is 5. The number of carbonyl (C=O) groups excluding carboxylic acids is 1. The first-order chi connectivity index (χ1) is 13.3. The summed E-state index contributed by atoms with van der Waals surface area (Å²) in [5.74, 6) is 0.634. The zero-order chi connectivity index (χ0) is 18.5. The Morgan fingerprint density at radius 1 is 1.07 bits per heavy atom. The van der Waals surface area contributed by atoms with Crippen molar-refractivity contribution in [1.29, 1.82) is 0 Å². The summed E-state index contributed by atoms with van der Waals surface area (Å²) in [4.78, 5) is 14.8. The molecule has 27 heavy (non-hydrogen) atoms. The van der Waals surface area contributed by atoms with Gasteiger partial charge in [0.1, 0.15) is 6.61 Å². The molecule has 0 radical (unpaired) electrons. The summed E-state index contributed by atoms with van der Waals surface area (Å²) in [5, 5.41) is 3.68. The topological polar surface area (TPSA) is 63.9 Å². The minimum absolute atomic E-state index is 0.262. The largest absolute Gasteiger partial charge is 0.488 e. The van der Waals surface area contributed by atoms with Crippen LogP contribution >= 0.6 is 0 Å². The molecule has 1 amide bonds. The average molecular weight is 366 g/mol. The molecule has 1 aromatic heterocycles. The van der Waals surface area contributed by atoms with E-state index in [4.69, 9.17) is 13.9 Å². The van der Waals surface area contributed by atoms with Gasteiger partial charge in [-0.05, 0) is 24.3 Å². The number of carbonyl (C=O) groups is 1. The van der Waals surface area contributed by atoms with Crippen LogP contribution in [0.15, 0.2) is 59.0 Å². The van der Waals surface area contributed by atoms with Gasteiger partial charge in [0.15, 0.2) is 17.1 Å². The standard InChI is InChI=1S/C21H22N2O4/c24-21(22-17-6-2-1-3-7-17)19-15-16-5-4-8-18(20(16)27-19)26-14-11-23-9-12-25-13-10-23/h1-8,15H,9-14H2,(H,22,24). The van der Waals surface area contributed by atoms with Gasteiger partial charge in [0.2, 0.25) is 0 Å². The van der Waals surface area contributed by atoms with Crippen molar-refractivity contribution in [1.82, 2.24) is 4.90 Å². The number of rotatable bonds is 6. The highest BCUT2D eigenvalue weighted by Crippen LogP contribution is 2.29. The highest BCUT2D eigenvalue weighted by atomic mass is 16.5. The van der Waals surface area contributed by atoms with E-state index >= 15 is 0 Å². The quantitative estimate of drug-likeness (QED) is 0.724. The van der Waals surface area contributed by atoms with Crippen LogP contribution in [0.25, 0.3) is 11.0 Å². The lowest BCUT2D eigenvalue weighted by atomic mass is 10.2. The molecule has 2 aromatic carbocycles. The minimum Gasteiger partial charge on any atom is -0.488 e. The van der Waals surface area contributed by atoms with Gasteiger partial charge in [0.05, 0.1) is 13.2 Å². The lowest BCUT2D eigenvalue weighted by Crippen LogP contribution is -2.38. The van der Waals surface area contributed by atoms with Gasteiger partial charge < -0.3 is 19.2 Å². The van der Waals surface area contributed by atoms with E-state index in [1.165, 1.54) is 0 Å². The Bertz CT molecular complexity index is 901.